The van der Waals surface area contributed by atoms with Crippen LogP contribution in [0, 0.1) is 0 Å². The van der Waals surface area contributed by atoms with Crippen molar-refractivity contribution >= 4 is 27.8 Å². The lowest BCUT2D eigenvalue weighted by molar-refractivity contribution is -0.144. The Morgan fingerprint density at radius 1 is 1.32 bits per heavy atom. The molecule has 0 bridgehead atoms. The lowest BCUT2D eigenvalue weighted by Gasteiger charge is -2.23. The predicted octanol–water partition coefficient (Wildman–Crippen LogP) is 0.945. The summed E-state index contributed by atoms with van der Waals surface area (Å²) in [6, 6.07) is 7.14. The van der Waals surface area contributed by atoms with Gasteiger partial charge in [-0.25, -0.2) is 13.2 Å². The number of nitrogens with one attached hydrogen (secondary N) is 1. The topological polar surface area (TPSA) is 98.8 Å². The van der Waals surface area contributed by atoms with Gasteiger partial charge in [-0.2, -0.15) is 0 Å². The summed E-state index contributed by atoms with van der Waals surface area (Å²) in [6.07, 6.45) is 3.08. The number of ether oxygens (including phenoxy) is 2. The van der Waals surface area contributed by atoms with Crippen LogP contribution in [0.2, 0.25) is 0 Å². The molecule has 136 valence electrons. The van der Waals surface area contributed by atoms with E-state index in [-0.39, 0.29) is 11.5 Å². The number of methoxy groups -OCH3 is 1. The highest BCUT2D eigenvalue weighted by Gasteiger charge is 2.39. The molecule has 2 rings (SSSR count). The Bertz CT molecular complexity index is 786. The van der Waals surface area contributed by atoms with Crippen molar-refractivity contribution < 1.29 is 27.5 Å². The highest BCUT2D eigenvalue weighted by Crippen LogP contribution is 2.22. The number of hydrogen-bond acceptors (Lipinski definition) is 6. The van der Waals surface area contributed by atoms with Gasteiger partial charge in [0.2, 0.25) is 0 Å². The van der Waals surface area contributed by atoms with Gasteiger partial charge in [0.15, 0.2) is 16.4 Å². The number of rotatable bonds is 6. The standard InChI is InChI=1S/C17H21NO6S/c1-17(9-10-25(21,22)12-17)18-15(19)11-24-16(20)8-7-13-5-3-4-6-14(13)23-2/h3-8H,9-12H2,1-2H3,(H,18,19)/b8-7+/t17-/m1/s1. The third-order valence-electron chi connectivity index (χ3n) is 3.83. The summed E-state index contributed by atoms with van der Waals surface area (Å²) in [5.74, 6) is -0.651. The number of benzene rings is 1. The van der Waals surface area contributed by atoms with E-state index < -0.39 is 33.9 Å². The summed E-state index contributed by atoms with van der Waals surface area (Å²) < 4.78 is 33.1. The predicted molar refractivity (Wildman–Crippen MR) is 92.8 cm³/mol. The minimum atomic E-state index is -3.12. The van der Waals surface area contributed by atoms with Crippen molar-refractivity contribution in [1.29, 1.82) is 0 Å². The molecule has 0 unspecified atom stereocenters. The van der Waals surface area contributed by atoms with E-state index in [0.717, 1.165) is 0 Å². The maximum atomic E-state index is 11.9. The van der Waals surface area contributed by atoms with Crippen LogP contribution in [0.5, 0.6) is 5.75 Å². The number of hydrogen-bond donors (Lipinski definition) is 1. The van der Waals surface area contributed by atoms with Gasteiger partial charge >= 0.3 is 5.97 Å². The Hall–Kier alpha value is -2.35. The van der Waals surface area contributed by atoms with E-state index >= 15 is 0 Å². The molecule has 0 radical (unpaired) electrons. The molecule has 1 heterocycles. The van der Waals surface area contributed by atoms with Crippen LogP contribution in [0.4, 0.5) is 0 Å². The second-order valence-electron chi connectivity index (χ2n) is 6.13. The fourth-order valence-electron chi connectivity index (χ4n) is 2.63. The quantitative estimate of drug-likeness (QED) is 0.594. The Balaban J connectivity index is 1.83. The number of amides is 1. The van der Waals surface area contributed by atoms with Crippen LogP contribution in [0.15, 0.2) is 30.3 Å². The van der Waals surface area contributed by atoms with Crippen LogP contribution in [0.3, 0.4) is 0 Å². The molecule has 8 heteroatoms. The molecule has 7 nitrogen and oxygen atoms in total. The van der Waals surface area contributed by atoms with Crippen molar-refractivity contribution in [3.63, 3.8) is 0 Å². The first-order valence-corrected chi connectivity index (χ1v) is 9.54. The van der Waals surface area contributed by atoms with Gasteiger partial charge in [-0.05, 0) is 25.5 Å². The molecular weight excluding hydrogens is 346 g/mol. The van der Waals surface area contributed by atoms with E-state index in [4.69, 9.17) is 9.47 Å². The van der Waals surface area contributed by atoms with Crippen LogP contribution in [-0.2, 0) is 24.2 Å². The van der Waals surface area contributed by atoms with Crippen LogP contribution < -0.4 is 10.1 Å². The van der Waals surface area contributed by atoms with E-state index in [1.54, 1.807) is 25.1 Å². The lowest BCUT2D eigenvalue weighted by atomic mass is 10.0. The minimum absolute atomic E-state index is 0.0468. The summed E-state index contributed by atoms with van der Waals surface area (Å²) in [4.78, 5) is 23.6. The van der Waals surface area contributed by atoms with Gasteiger partial charge in [0.05, 0.1) is 24.2 Å². The summed E-state index contributed by atoms with van der Waals surface area (Å²) >= 11 is 0. The zero-order chi connectivity index (χ0) is 18.5. The van der Waals surface area contributed by atoms with Gasteiger partial charge in [-0.1, -0.05) is 18.2 Å². The van der Waals surface area contributed by atoms with Crippen molar-refractivity contribution in [3.05, 3.63) is 35.9 Å². The van der Waals surface area contributed by atoms with Crippen LogP contribution in [0.1, 0.15) is 18.9 Å². The normalized spacial score (nSPS) is 21.8. The van der Waals surface area contributed by atoms with Crippen molar-refractivity contribution in [2.75, 3.05) is 25.2 Å². The van der Waals surface area contributed by atoms with Gasteiger partial charge in [-0.3, -0.25) is 4.79 Å². The van der Waals surface area contributed by atoms with E-state index in [1.165, 1.54) is 19.3 Å². The van der Waals surface area contributed by atoms with Crippen molar-refractivity contribution in [3.8, 4) is 5.75 Å². The molecule has 0 spiro atoms. The molecule has 0 aromatic heterocycles. The third-order valence-corrected chi connectivity index (χ3v) is 5.73. The second-order valence-corrected chi connectivity index (χ2v) is 8.32. The highest BCUT2D eigenvalue weighted by atomic mass is 32.2. The monoisotopic (exact) mass is 367 g/mol. The maximum Gasteiger partial charge on any atom is 0.331 e. The Morgan fingerprint density at radius 2 is 2.04 bits per heavy atom. The Morgan fingerprint density at radius 3 is 2.68 bits per heavy atom. The SMILES string of the molecule is COc1ccccc1/C=C/C(=O)OCC(=O)N[C@]1(C)CCS(=O)(=O)C1. The second kappa shape index (κ2) is 7.69. The van der Waals surface area contributed by atoms with Crippen LogP contribution in [0.25, 0.3) is 6.08 Å². The third kappa shape index (κ3) is 5.60. The summed E-state index contributed by atoms with van der Waals surface area (Å²) in [5, 5.41) is 2.62. The molecule has 0 aliphatic carbocycles. The largest absolute Gasteiger partial charge is 0.496 e. The number of para-hydroxylation sites is 1. The number of carbonyl (C=O) groups excluding carboxylic acids is 2. The lowest BCUT2D eigenvalue weighted by Crippen LogP contribution is -2.48. The summed E-state index contributed by atoms with van der Waals surface area (Å²) in [5.41, 5.74) is -0.106. The maximum absolute atomic E-state index is 11.9. The van der Waals surface area contributed by atoms with Gasteiger partial charge in [0.25, 0.3) is 5.91 Å². The first-order valence-electron chi connectivity index (χ1n) is 7.72. The molecule has 1 aliphatic heterocycles. The van der Waals surface area contributed by atoms with E-state index in [2.05, 4.69) is 5.32 Å². The van der Waals surface area contributed by atoms with Gasteiger partial charge in [0, 0.05) is 11.6 Å². The van der Waals surface area contributed by atoms with Crippen LogP contribution in [-0.4, -0.2) is 51.1 Å². The fraction of sp³-hybridized carbons (Fsp3) is 0.412. The Labute approximate surface area is 146 Å². The molecule has 1 atom stereocenters. The molecule has 1 fully saturated rings. The smallest absolute Gasteiger partial charge is 0.331 e. The van der Waals surface area contributed by atoms with Crippen LogP contribution >= 0.6 is 0 Å². The fourth-order valence-corrected chi connectivity index (χ4v) is 4.72. The summed E-state index contributed by atoms with van der Waals surface area (Å²) in [6.45, 7) is 1.20. The molecule has 1 amide bonds. The average molecular weight is 367 g/mol. The highest BCUT2D eigenvalue weighted by molar-refractivity contribution is 7.91. The first-order chi connectivity index (χ1) is 11.7. The molecule has 1 N–H and O–H groups in total. The first kappa shape index (κ1) is 19.0. The molecule has 1 aliphatic rings. The van der Waals surface area contributed by atoms with E-state index in [1.807, 2.05) is 6.07 Å². The van der Waals surface area contributed by atoms with Crippen molar-refractivity contribution in [2.24, 2.45) is 0 Å². The van der Waals surface area contributed by atoms with Gasteiger partial charge < -0.3 is 14.8 Å². The number of esters is 1. The molecule has 0 saturated carbocycles. The molecular formula is C17H21NO6S. The minimum Gasteiger partial charge on any atom is -0.496 e. The zero-order valence-corrected chi connectivity index (χ0v) is 15.0. The summed E-state index contributed by atoms with van der Waals surface area (Å²) in [7, 11) is -1.60. The average Bonchev–Trinajstić information content (AvgIpc) is 2.84. The van der Waals surface area contributed by atoms with Gasteiger partial charge in [-0.15, -0.1) is 0 Å². The van der Waals surface area contributed by atoms with Gasteiger partial charge in [0.1, 0.15) is 5.75 Å². The molecule has 1 aromatic carbocycles. The molecule has 1 saturated heterocycles. The van der Waals surface area contributed by atoms with Crippen molar-refractivity contribution in [2.45, 2.75) is 18.9 Å². The zero-order valence-electron chi connectivity index (χ0n) is 14.2. The number of sulfone groups is 1. The molecule has 25 heavy (non-hydrogen) atoms. The van der Waals surface area contributed by atoms with Crippen molar-refractivity contribution in [1.82, 2.24) is 5.32 Å². The van der Waals surface area contributed by atoms with E-state index in [9.17, 15) is 18.0 Å². The van der Waals surface area contributed by atoms with E-state index in [0.29, 0.717) is 17.7 Å². The molecule has 1 aromatic rings. The number of carbonyl (C=O) groups is 2. The Kier molecular flexibility index (Phi) is 5.84.